The van der Waals surface area contributed by atoms with Gasteiger partial charge in [-0.2, -0.15) is 0 Å². The minimum absolute atomic E-state index is 0.0374. The molecule has 1 aliphatic heterocycles. The van der Waals surface area contributed by atoms with E-state index in [0.29, 0.717) is 28.8 Å². The SMILES string of the molecule is CCC1CCCCN1C(=O)c1ccnc(Nc2cc(OC)ccc2OC)n1. The van der Waals surface area contributed by atoms with Crippen LogP contribution in [0.4, 0.5) is 11.6 Å². The molecule has 2 aromatic rings. The summed E-state index contributed by atoms with van der Waals surface area (Å²) in [6, 6.07) is 7.37. The minimum Gasteiger partial charge on any atom is -0.497 e. The Hall–Kier alpha value is -2.83. The molecule has 27 heavy (non-hydrogen) atoms. The summed E-state index contributed by atoms with van der Waals surface area (Å²) in [4.78, 5) is 23.6. The summed E-state index contributed by atoms with van der Waals surface area (Å²) in [5, 5.41) is 3.12. The maximum absolute atomic E-state index is 13.0. The molecule has 2 heterocycles. The van der Waals surface area contributed by atoms with Gasteiger partial charge in [0.2, 0.25) is 5.95 Å². The first kappa shape index (κ1) is 18.9. The number of hydrogen-bond donors (Lipinski definition) is 1. The van der Waals surface area contributed by atoms with Crippen LogP contribution in [0.25, 0.3) is 0 Å². The monoisotopic (exact) mass is 370 g/mol. The number of rotatable bonds is 6. The second-order valence-corrected chi connectivity index (χ2v) is 6.51. The molecule has 0 aliphatic carbocycles. The number of ether oxygens (including phenoxy) is 2. The molecule has 3 rings (SSSR count). The summed E-state index contributed by atoms with van der Waals surface area (Å²) >= 11 is 0. The average Bonchev–Trinajstić information content (AvgIpc) is 2.73. The summed E-state index contributed by atoms with van der Waals surface area (Å²) in [5.41, 5.74) is 1.07. The second-order valence-electron chi connectivity index (χ2n) is 6.51. The van der Waals surface area contributed by atoms with Crippen molar-refractivity contribution in [3.05, 3.63) is 36.2 Å². The molecule has 1 amide bonds. The van der Waals surface area contributed by atoms with Gasteiger partial charge in [0.05, 0.1) is 19.9 Å². The molecule has 1 aromatic carbocycles. The molecule has 0 bridgehead atoms. The van der Waals surface area contributed by atoms with Crippen LogP contribution < -0.4 is 14.8 Å². The maximum Gasteiger partial charge on any atom is 0.272 e. The number of nitrogens with one attached hydrogen (secondary N) is 1. The topological polar surface area (TPSA) is 76.6 Å². The summed E-state index contributed by atoms with van der Waals surface area (Å²) in [5.74, 6) is 1.63. The van der Waals surface area contributed by atoms with Crippen molar-refractivity contribution in [1.82, 2.24) is 14.9 Å². The van der Waals surface area contributed by atoms with Gasteiger partial charge in [-0.25, -0.2) is 9.97 Å². The fourth-order valence-electron chi connectivity index (χ4n) is 3.41. The predicted octanol–water partition coefficient (Wildman–Crippen LogP) is 3.64. The number of piperidine rings is 1. The fourth-order valence-corrected chi connectivity index (χ4v) is 3.41. The molecule has 1 N–H and O–H groups in total. The van der Waals surface area contributed by atoms with E-state index in [4.69, 9.17) is 9.47 Å². The number of carbonyl (C=O) groups is 1. The number of anilines is 2. The van der Waals surface area contributed by atoms with Gasteiger partial charge >= 0.3 is 0 Å². The quantitative estimate of drug-likeness (QED) is 0.836. The summed E-state index contributed by atoms with van der Waals surface area (Å²) in [6.45, 7) is 2.91. The fraction of sp³-hybridized carbons (Fsp3) is 0.450. The molecule has 1 aromatic heterocycles. The number of likely N-dealkylation sites (tertiary alicyclic amines) is 1. The molecule has 1 atom stereocenters. The van der Waals surface area contributed by atoms with Gasteiger partial charge in [0, 0.05) is 24.8 Å². The number of amides is 1. The lowest BCUT2D eigenvalue weighted by molar-refractivity contribution is 0.0602. The summed E-state index contributed by atoms with van der Waals surface area (Å²) in [6.07, 6.45) is 5.83. The van der Waals surface area contributed by atoms with E-state index in [1.54, 1.807) is 38.6 Å². The van der Waals surface area contributed by atoms with E-state index in [1.165, 1.54) is 6.42 Å². The average molecular weight is 370 g/mol. The standard InChI is InChI=1S/C20H26N4O3/c1-4-14-7-5-6-12-24(14)19(25)16-10-11-21-20(22-16)23-17-13-15(26-2)8-9-18(17)27-3/h8-11,13-14H,4-7,12H2,1-3H3,(H,21,22,23). The number of carbonyl (C=O) groups excluding carboxylic acids is 1. The Kier molecular flexibility index (Phi) is 6.11. The van der Waals surface area contributed by atoms with Gasteiger partial charge in [-0.05, 0) is 43.9 Å². The molecule has 0 radical (unpaired) electrons. The van der Waals surface area contributed by atoms with E-state index < -0.39 is 0 Å². The molecule has 1 saturated heterocycles. The van der Waals surface area contributed by atoms with Gasteiger partial charge < -0.3 is 19.7 Å². The zero-order chi connectivity index (χ0) is 19.2. The highest BCUT2D eigenvalue weighted by molar-refractivity contribution is 5.92. The molecule has 1 unspecified atom stereocenters. The number of aromatic nitrogens is 2. The van der Waals surface area contributed by atoms with E-state index in [0.717, 1.165) is 25.8 Å². The normalized spacial score (nSPS) is 16.7. The Labute approximate surface area is 159 Å². The van der Waals surface area contributed by atoms with Crippen LogP contribution in [0.1, 0.15) is 43.1 Å². The summed E-state index contributed by atoms with van der Waals surface area (Å²) in [7, 11) is 3.19. The minimum atomic E-state index is -0.0374. The molecule has 0 spiro atoms. The molecule has 144 valence electrons. The van der Waals surface area contributed by atoms with Crippen LogP contribution in [0.15, 0.2) is 30.5 Å². The molecule has 1 aliphatic rings. The summed E-state index contributed by atoms with van der Waals surface area (Å²) < 4.78 is 10.6. The van der Waals surface area contributed by atoms with Crippen LogP contribution >= 0.6 is 0 Å². The Morgan fingerprint density at radius 1 is 1.26 bits per heavy atom. The second kappa shape index (κ2) is 8.70. The van der Waals surface area contributed by atoms with Crippen LogP contribution in [-0.4, -0.2) is 47.6 Å². The molecular formula is C20H26N4O3. The zero-order valence-electron chi connectivity index (χ0n) is 16.1. The lowest BCUT2D eigenvalue weighted by Crippen LogP contribution is -2.43. The predicted molar refractivity (Wildman–Crippen MR) is 104 cm³/mol. The van der Waals surface area contributed by atoms with Gasteiger partial charge in [0.1, 0.15) is 17.2 Å². The van der Waals surface area contributed by atoms with Gasteiger partial charge in [-0.1, -0.05) is 6.92 Å². The van der Waals surface area contributed by atoms with Crippen molar-refractivity contribution in [3.8, 4) is 11.5 Å². The Morgan fingerprint density at radius 3 is 2.85 bits per heavy atom. The van der Waals surface area contributed by atoms with E-state index in [1.807, 2.05) is 11.0 Å². The lowest BCUT2D eigenvalue weighted by Gasteiger charge is -2.35. The third-order valence-corrected chi connectivity index (χ3v) is 4.89. The van der Waals surface area contributed by atoms with Gasteiger partial charge in [-0.15, -0.1) is 0 Å². The van der Waals surface area contributed by atoms with E-state index in [-0.39, 0.29) is 11.9 Å². The largest absolute Gasteiger partial charge is 0.497 e. The van der Waals surface area contributed by atoms with Crippen molar-refractivity contribution in [1.29, 1.82) is 0 Å². The maximum atomic E-state index is 13.0. The van der Waals surface area contributed by atoms with Gasteiger partial charge in [0.25, 0.3) is 5.91 Å². The number of hydrogen-bond acceptors (Lipinski definition) is 6. The van der Waals surface area contributed by atoms with Crippen LogP contribution in [0.2, 0.25) is 0 Å². The first-order valence-electron chi connectivity index (χ1n) is 9.29. The number of methoxy groups -OCH3 is 2. The lowest BCUT2D eigenvalue weighted by atomic mass is 9.99. The van der Waals surface area contributed by atoms with Crippen LogP contribution in [0, 0.1) is 0 Å². The van der Waals surface area contributed by atoms with Gasteiger partial charge in [-0.3, -0.25) is 4.79 Å². The van der Waals surface area contributed by atoms with Crippen molar-refractivity contribution >= 4 is 17.5 Å². The van der Waals surface area contributed by atoms with E-state index in [9.17, 15) is 4.79 Å². The third-order valence-electron chi connectivity index (χ3n) is 4.89. The molecule has 7 heteroatoms. The first-order chi connectivity index (χ1) is 13.2. The molecule has 0 saturated carbocycles. The van der Waals surface area contributed by atoms with E-state index >= 15 is 0 Å². The third kappa shape index (κ3) is 4.30. The number of nitrogens with zero attached hydrogens (tertiary/aromatic N) is 3. The smallest absolute Gasteiger partial charge is 0.272 e. The highest BCUT2D eigenvalue weighted by Crippen LogP contribution is 2.30. The van der Waals surface area contributed by atoms with Crippen LogP contribution in [0.5, 0.6) is 11.5 Å². The molecular weight excluding hydrogens is 344 g/mol. The van der Waals surface area contributed by atoms with Crippen molar-refractivity contribution < 1.29 is 14.3 Å². The number of benzene rings is 1. The van der Waals surface area contributed by atoms with Crippen molar-refractivity contribution in [2.45, 2.75) is 38.6 Å². The van der Waals surface area contributed by atoms with Crippen LogP contribution in [-0.2, 0) is 0 Å². The molecule has 7 nitrogen and oxygen atoms in total. The van der Waals surface area contributed by atoms with Crippen molar-refractivity contribution in [2.24, 2.45) is 0 Å². The zero-order valence-corrected chi connectivity index (χ0v) is 16.1. The van der Waals surface area contributed by atoms with Gasteiger partial charge in [0.15, 0.2) is 0 Å². The Balaban J connectivity index is 1.82. The molecule has 1 fully saturated rings. The van der Waals surface area contributed by atoms with Crippen molar-refractivity contribution in [2.75, 3.05) is 26.1 Å². The van der Waals surface area contributed by atoms with E-state index in [2.05, 4.69) is 22.2 Å². The van der Waals surface area contributed by atoms with Crippen molar-refractivity contribution in [3.63, 3.8) is 0 Å². The van der Waals surface area contributed by atoms with Crippen LogP contribution in [0.3, 0.4) is 0 Å². The first-order valence-corrected chi connectivity index (χ1v) is 9.29. The Morgan fingerprint density at radius 2 is 2.11 bits per heavy atom. The highest BCUT2D eigenvalue weighted by atomic mass is 16.5. The highest BCUT2D eigenvalue weighted by Gasteiger charge is 2.27. The Bertz CT molecular complexity index is 797.